The van der Waals surface area contributed by atoms with Crippen LogP contribution in [-0.2, 0) is 0 Å². The molecule has 0 bridgehead atoms. The summed E-state index contributed by atoms with van der Waals surface area (Å²) in [5.74, 6) is -1.39. The molecule has 2 nitrogen and oxygen atoms in total. The molecule has 2 aromatic rings. The summed E-state index contributed by atoms with van der Waals surface area (Å²) >= 11 is 0. The monoisotopic (exact) mass is 317 g/mol. The van der Waals surface area contributed by atoms with Crippen LogP contribution in [0.2, 0.25) is 0 Å². The lowest BCUT2D eigenvalue weighted by atomic mass is 9.82. The Morgan fingerprint density at radius 3 is 2.17 bits per heavy atom. The molecule has 0 aromatic heterocycles. The van der Waals surface area contributed by atoms with E-state index in [9.17, 15) is 8.78 Å². The third-order valence-electron chi connectivity index (χ3n) is 4.73. The Bertz CT molecular complexity index is 677. The lowest BCUT2D eigenvalue weighted by Crippen LogP contribution is -2.25. The number of hydrogen-bond acceptors (Lipinski definition) is 2. The molecule has 0 radical (unpaired) electrons. The predicted molar refractivity (Wildman–Crippen MR) is 87.5 cm³/mol. The van der Waals surface area contributed by atoms with Gasteiger partial charge in [0.1, 0.15) is 0 Å². The van der Waals surface area contributed by atoms with Gasteiger partial charge in [0.2, 0.25) is 5.82 Å². The molecule has 0 saturated heterocycles. The van der Waals surface area contributed by atoms with Crippen molar-refractivity contribution in [2.24, 2.45) is 5.73 Å². The lowest BCUT2D eigenvalue weighted by Gasteiger charge is -2.26. The molecule has 0 amide bonds. The van der Waals surface area contributed by atoms with Crippen LogP contribution in [0, 0.1) is 11.6 Å². The van der Waals surface area contributed by atoms with Crippen LogP contribution in [-0.4, -0.2) is 13.2 Å². The predicted octanol–water partition coefficient (Wildman–Crippen LogP) is 4.63. The molecule has 0 aliphatic heterocycles. The average molecular weight is 317 g/mol. The molecule has 1 aliphatic carbocycles. The fourth-order valence-electron chi connectivity index (χ4n) is 3.30. The van der Waals surface area contributed by atoms with Crippen molar-refractivity contribution in [1.82, 2.24) is 0 Å². The number of benzene rings is 2. The lowest BCUT2D eigenvalue weighted by molar-refractivity contribution is 0.372. The minimum absolute atomic E-state index is 0.0820. The topological polar surface area (TPSA) is 35.2 Å². The Morgan fingerprint density at radius 1 is 0.913 bits per heavy atom. The Morgan fingerprint density at radius 2 is 1.57 bits per heavy atom. The third kappa shape index (κ3) is 3.22. The second kappa shape index (κ2) is 6.67. The Kier molecular flexibility index (Phi) is 4.62. The molecule has 0 unspecified atom stereocenters. The first kappa shape index (κ1) is 15.9. The van der Waals surface area contributed by atoms with Crippen LogP contribution in [0.15, 0.2) is 36.4 Å². The van der Waals surface area contributed by atoms with E-state index < -0.39 is 11.6 Å². The minimum Gasteiger partial charge on any atom is -0.494 e. The number of halogens is 2. The van der Waals surface area contributed by atoms with Crippen molar-refractivity contribution in [3.63, 3.8) is 0 Å². The second-order valence-corrected chi connectivity index (χ2v) is 6.18. The van der Waals surface area contributed by atoms with Crippen LogP contribution in [0.25, 0.3) is 11.1 Å². The van der Waals surface area contributed by atoms with Crippen LogP contribution in [0.1, 0.15) is 37.2 Å². The first-order valence-corrected chi connectivity index (χ1v) is 7.98. The van der Waals surface area contributed by atoms with E-state index in [0.717, 1.165) is 25.7 Å². The summed E-state index contributed by atoms with van der Waals surface area (Å²) in [5.41, 5.74) is 8.11. The van der Waals surface area contributed by atoms with Crippen molar-refractivity contribution >= 4 is 0 Å². The molecule has 1 aliphatic rings. The van der Waals surface area contributed by atoms with Gasteiger partial charge >= 0.3 is 0 Å². The van der Waals surface area contributed by atoms with Crippen molar-refractivity contribution in [2.45, 2.75) is 37.6 Å². The number of methoxy groups -OCH3 is 1. The van der Waals surface area contributed by atoms with Gasteiger partial charge in [0.05, 0.1) is 7.11 Å². The fourth-order valence-corrected chi connectivity index (χ4v) is 3.30. The Hall–Kier alpha value is -1.94. The van der Waals surface area contributed by atoms with Crippen molar-refractivity contribution in [2.75, 3.05) is 7.11 Å². The molecule has 0 spiro atoms. The highest BCUT2D eigenvalue weighted by Crippen LogP contribution is 2.34. The second-order valence-electron chi connectivity index (χ2n) is 6.18. The van der Waals surface area contributed by atoms with Crippen LogP contribution >= 0.6 is 0 Å². The van der Waals surface area contributed by atoms with E-state index in [1.807, 2.05) is 24.3 Å². The van der Waals surface area contributed by atoms with Crippen molar-refractivity contribution in [3.05, 3.63) is 53.6 Å². The summed E-state index contributed by atoms with van der Waals surface area (Å²) in [4.78, 5) is 0. The summed E-state index contributed by atoms with van der Waals surface area (Å²) in [6, 6.07) is 11.1. The maximum atomic E-state index is 14.2. The summed E-state index contributed by atoms with van der Waals surface area (Å²) in [6.07, 6.45) is 4.27. The molecule has 0 atom stereocenters. The van der Waals surface area contributed by atoms with Gasteiger partial charge in [0.25, 0.3) is 0 Å². The van der Waals surface area contributed by atoms with Crippen molar-refractivity contribution in [1.29, 1.82) is 0 Å². The van der Waals surface area contributed by atoms with Gasteiger partial charge in [0, 0.05) is 11.6 Å². The van der Waals surface area contributed by atoms with Crippen LogP contribution in [0.5, 0.6) is 5.75 Å². The zero-order chi connectivity index (χ0) is 16.4. The molecule has 2 N–H and O–H groups in total. The Balaban J connectivity index is 1.84. The highest BCUT2D eigenvalue weighted by atomic mass is 19.2. The zero-order valence-corrected chi connectivity index (χ0v) is 13.2. The maximum absolute atomic E-state index is 14.2. The minimum atomic E-state index is -0.949. The summed E-state index contributed by atoms with van der Waals surface area (Å²) in [6.45, 7) is 0. The van der Waals surface area contributed by atoms with E-state index in [1.165, 1.54) is 18.7 Å². The average Bonchev–Trinajstić information content (AvgIpc) is 2.58. The van der Waals surface area contributed by atoms with Gasteiger partial charge in [-0.25, -0.2) is 4.39 Å². The molecular weight excluding hydrogens is 296 g/mol. The van der Waals surface area contributed by atoms with E-state index in [4.69, 9.17) is 10.5 Å². The van der Waals surface area contributed by atoms with E-state index in [1.54, 1.807) is 6.07 Å². The van der Waals surface area contributed by atoms with Crippen LogP contribution < -0.4 is 10.5 Å². The van der Waals surface area contributed by atoms with Gasteiger partial charge in [-0.1, -0.05) is 24.3 Å². The van der Waals surface area contributed by atoms with E-state index in [0.29, 0.717) is 17.5 Å². The largest absolute Gasteiger partial charge is 0.494 e. The standard InChI is InChI=1S/C19H21F2NO/c1-23-17-11-10-16(18(20)19(17)21)14-4-2-12(3-5-14)13-6-8-15(22)9-7-13/h2-5,10-11,13,15H,6-9,22H2,1H3. The molecular formula is C19H21F2NO. The maximum Gasteiger partial charge on any atom is 0.201 e. The van der Waals surface area contributed by atoms with Crippen LogP contribution in [0.3, 0.4) is 0 Å². The van der Waals surface area contributed by atoms with Crippen LogP contribution in [0.4, 0.5) is 8.78 Å². The fraction of sp³-hybridized carbons (Fsp3) is 0.368. The molecule has 1 saturated carbocycles. The van der Waals surface area contributed by atoms with Gasteiger partial charge < -0.3 is 10.5 Å². The van der Waals surface area contributed by atoms with Gasteiger partial charge in [-0.05, 0) is 54.9 Å². The first-order chi connectivity index (χ1) is 11.1. The Labute approximate surface area is 135 Å². The highest BCUT2D eigenvalue weighted by Gasteiger charge is 2.20. The van der Waals surface area contributed by atoms with E-state index in [-0.39, 0.29) is 11.3 Å². The van der Waals surface area contributed by atoms with Gasteiger partial charge in [-0.15, -0.1) is 0 Å². The molecule has 23 heavy (non-hydrogen) atoms. The van der Waals surface area contributed by atoms with Crippen molar-refractivity contribution in [3.8, 4) is 16.9 Å². The molecule has 4 heteroatoms. The van der Waals surface area contributed by atoms with Gasteiger partial charge in [-0.2, -0.15) is 4.39 Å². The summed E-state index contributed by atoms with van der Waals surface area (Å²) < 4.78 is 32.8. The zero-order valence-electron chi connectivity index (χ0n) is 13.2. The van der Waals surface area contributed by atoms with Gasteiger partial charge in [0.15, 0.2) is 11.6 Å². The first-order valence-electron chi connectivity index (χ1n) is 7.98. The van der Waals surface area contributed by atoms with Crippen molar-refractivity contribution < 1.29 is 13.5 Å². The molecule has 3 rings (SSSR count). The van der Waals surface area contributed by atoms with E-state index in [2.05, 4.69) is 0 Å². The molecule has 1 fully saturated rings. The molecule has 0 heterocycles. The SMILES string of the molecule is COc1ccc(-c2ccc(C3CCC(N)CC3)cc2)c(F)c1F. The molecule has 122 valence electrons. The summed E-state index contributed by atoms with van der Waals surface area (Å²) in [5, 5.41) is 0. The highest BCUT2D eigenvalue weighted by molar-refractivity contribution is 5.65. The number of rotatable bonds is 3. The number of ether oxygens (including phenoxy) is 1. The quantitative estimate of drug-likeness (QED) is 0.896. The van der Waals surface area contributed by atoms with E-state index >= 15 is 0 Å². The third-order valence-corrected chi connectivity index (χ3v) is 4.73. The van der Waals surface area contributed by atoms with Gasteiger partial charge in [-0.3, -0.25) is 0 Å². The summed E-state index contributed by atoms with van der Waals surface area (Å²) in [7, 11) is 1.32. The number of nitrogens with two attached hydrogens (primary N) is 1. The number of hydrogen-bond donors (Lipinski definition) is 1. The molecule has 2 aromatic carbocycles. The normalized spacial score (nSPS) is 21.2. The smallest absolute Gasteiger partial charge is 0.201 e.